The number of H-pyrrole nitrogens is 1. The summed E-state index contributed by atoms with van der Waals surface area (Å²) in [5.74, 6) is -0.233. The molecule has 1 heterocycles. The summed E-state index contributed by atoms with van der Waals surface area (Å²) in [6.45, 7) is 0.237. The Labute approximate surface area is 173 Å². The van der Waals surface area contributed by atoms with Crippen LogP contribution >= 0.6 is 12.4 Å². The van der Waals surface area contributed by atoms with Gasteiger partial charge in [-0.2, -0.15) is 5.10 Å². The van der Waals surface area contributed by atoms with Gasteiger partial charge in [-0.3, -0.25) is 9.89 Å². The summed E-state index contributed by atoms with van der Waals surface area (Å²) in [5.41, 5.74) is 6.38. The molecule has 0 radical (unpaired) electrons. The first-order chi connectivity index (χ1) is 13.5. The lowest BCUT2D eigenvalue weighted by molar-refractivity contribution is -0.116. The van der Waals surface area contributed by atoms with Crippen molar-refractivity contribution >= 4 is 55.5 Å². The van der Waals surface area contributed by atoms with Crippen LogP contribution in [-0.4, -0.2) is 31.1 Å². The van der Waals surface area contributed by atoms with Gasteiger partial charge in [0, 0.05) is 29.4 Å². The van der Waals surface area contributed by atoms with Crippen LogP contribution in [0.4, 0.5) is 5.69 Å². The Kier molecular flexibility index (Phi) is 5.88. The second kappa shape index (κ2) is 8.20. The number of fused-ring (bicyclic) bond motifs is 2. The molecule has 0 atom stereocenters. The number of sulfone groups is 1. The molecular weight excluding hydrogens is 412 g/mol. The predicted octanol–water partition coefficient (Wildman–Crippen LogP) is 3.26. The topological polar surface area (TPSA) is 118 Å². The summed E-state index contributed by atoms with van der Waals surface area (Å²) in [5, 5.41) is 11.4. The van der Waals surface area contributed by atoms with E-state index < -0.39 is 9.84 Å². The Morgan fingerprint density at radius 3 is 2.59 bits per heavy atom. The van der Waals surface area contributed by atoms with Crippen LogP contribution in [0.3, 0.4) is 0 Å². The maximum atomic E-state index is 13.4. The average molecular weight is 431 g/mol. The monoisotopic (exact) mass is 430 g/mol. The number of nitrogens with one attached hydrogen (secondary N) is 2. The van der Waals surface area contributed by atoms with Crippen LogP contribution < -0.4 is 11.1 Å². The molecular formula is C20H19ClN4O3S. The van der Waals surface area contributed by atoms with Gasteiger partial charge in [-0.1, -0.05) is 36.4 Å². The van der Waals surface area contributed by atoms with Gasteiger partial charge >= 0.3 is 0 Å². The van der Waals surface area contributed by atoms with Crippen molar-refractivity contribution in [3.8, 4) is 0 Å². The van der Waals surface area contributed by atoms with Crippen molar-refractivity contribution in [1.29, 1.82) is 0 Å². The molecule has 29 heavy (non-hydrogen) atoms. The quantitative estimate of drug-likeness (QED) is 0.449. The van der Waals surface area contributed by atoms with E-state index in [-0.39, 0.29) is 41.2 Å². The SMILES string of the molecule is Cl.NCCC(=O)Nc1ccc2n[nH]c(S(=O)(=O)c3cccc4ccccc34)c2c1. The van der Waals surface area contributed by atoms with E-state index in [0.29, 0.717) is 22.0 Å². The lowest BCUT2D eigenvalue weighted by Gasteiger charge is -2.08. The van der Waals surface area contributed by atoms with Crippen LogP contribution in [0.1, 0.15) is 6.42 Å². The summed E-state index contributed by atoms with van der Waals surface area (Å²) in [6.07, 6.45) is 0.185. The van der Waals surface area contributed by atoms with Crippen molar-refractivity contribution in [1.82, 2.24) is 10.2 Å². The first-order valence-corrected chi connectivity index (χ1v) is 10.2. The number of nitrogens with two attached hydrogens (primary N) is 1. The van der Waals surface area contributed by atoms with Crippen molar-refractivity contribution in [3.63, 3.8) is 0 Å². The van der Waals surface area contributed by atoms with Crippen LogP contribution in [0.15, 0.2) is 70.6 Å². The van der Waals surface area contributed by atoms with Crippen LogP contribution in [0.25, 0.3) is 21.7 Å². The van der Waals surface area contributed by atoms with Gasteiger partial charge in [-0.05, 0) is 29.7 Å². The Hall–Kier alpha value is -2.94. The van der Waals surface area contributed by atoms with E-state index in [1.165, 1.54) is 0 Å². The molecule has 4 rings (SSSR count). The zero-order valence-corrected chi connectivity index (χ0v) is 16.9. The summed E-state index contributed by atoms with van der Waals surface area (Å²) in [6, 6.07) is 17.4. The molecule has 4 aromatic rings. The molecule has 0 bridgehead atoms. The smallest absolute Gasteiger partial charge is 0.225 e. The Morgan fingerprint density at radius 1 is 1.03 bits per heavy atom. The third-order valence-electron chi connectivity index (χ3n) is 4.48. The van der Waals surface area contributed by atoms with Gasteiger partial charge in [0.2, 0.25) is 15.7 Å². The van der Waals surface area contributed by atoms with Gasteiger partial charge in [0.1, 0.15) is 0 Å². The Balaban J connectivity index is 0.00000240. The van der Waals surface area contributed by atoms with E-state index in [0.717, 1.165) is 5.39 Å². The summed E-state index contributed by atoms with van der Waals surface area (Å²) in [7, 11) is -3.86. The third kappa shape index (κ3) is 3.82. The maximum absolute atomic E-state index is 13.4. The molecule has 0 saturated carbocycles. The fourth-order valence-corrected chi connectivity index (χ4v) is 4.74. The van der Waals surface area contributed by atoms with E-state index >= 15 is 0 Å². The number of carbonyl (C=O) groups excluding carboxylic acids is 1. The number of nitrogens with zero attached hydrogens (tertiary/aromatic N) is 1. The van der Waals surface area contributed by atoms with Gasteiger partial charge < -0.3 is 11.1 Å². The molecule has 4 N–H and O–H groups in total. The molecule has 0 aliphatic rings. The number of benzene rings is 3. The lowest BCUT2D eigenvalue weighted by Crippen LogP contribution is -2.16. The van der Waals surface area contributed by atoms with E-state index in [1.807, 2.05) is 18.2 Å². The van der Waals surface area contributed by atoms with Crippen molar-refractivity contribution < 1.29 is 13.2 Å². The molecule has 0 fully saturated rings. The number of aromatic amines is 1. The van der Waals surface area contributed by atoms with Crippen molar-refractivity contribution in [2.45, 2.75) is 16.3 Å². The van der Waals surface area contributed by atoms with E-state index in [2.05, 4.69) is 15.5 Å². The van der Waals surface area contributed by atoms with E-state index in [4.69, 9.17) is 5.73 Å². The minimum absolute atomic E-state index is 0. The highest BCUT2D eigenvalue weighted by Crippen LogP contribution is 2.32. The zero-order valence-electron chi connectivity index (χ0n) is 15.3. The molecule has 3 aromatic carbocycles. The lowest BCUT2D eigenvalue weighted by atomic mass is 10.1. The van der Waals surface area contributed by atoms with Gasteiger partial charge in [0.15, 0.2) is 5.03 Å². The first-order valence-electron chi connectivity index (χ1n) is 8.71. The molecule has 0 saturated heterocycles. The second-order valence-corrected chi connectivity index (χ2v) is 8.21. The summed E-state index contributed by atoms with van der Waals surface area (Å²) in [4.78, 5) is 12.0. The second-order valence-electron chi connectivity index (χ2n) is 6.35. The molecule has 1 amide bonds. The molecule has 0 unspecified atom stereocenters. The van der Waals surface area contributed by atoms with Gasteiger partial charge in [0.25, 0.3) is 0 Å². The largest absolute Gasteiger partial charge is 0.330 e. The number of anilines is 1. The number of carbonyl (C=O) groups is 1. The molecule has 7 nitrogen and oxygen atoms in total. The Morgan fingerprint density at radius 2 is 1.79 bits per heavy atom. The molecule has 150 valence electrons. The first kappa shape index (κ1) is 20.8. The summed E-state index contributed by atoms with van der Waals surface area (Å²) < 4.78 is 26.8. The van der Waals surface area contributed by atoms with Crippen LogP contribution in [0, 0.1) is 0 Å². The van der Waals surface area contributed by atoms with Crippen molar-refractivity contribution in [2.24, 2.45) is 5.73 Å². The van der Waals surface area contributed by atoms with Crippen LogP contribution in [-0.2, 0) is 14.6 Å². The predicted molar refractivity (Wildman–Crippen MR) is 115 cm³/mol. The number of amides is 1. The normalized spacial score (nSPS) is 11.3. The standard InChI is InChI=1S/C20H18N4O3S.ClH/c21-11-10-19(25)22-14-8-9-17-16(12-14)20(24-23-17)28(26,27)18-7-3-5-13-4-1-2-6-15(13)18;/h1-9,12H,10-11,21H2,(H,22,25)(H,23,24);1H. The van der Waals surface area contributed by atoms with Crippen molar-refractivity contribution in [3.05, 3.63) is 60.7 Å². The van der Waals surface area contributed by atoms with Gasteiger partial charge in [0.05, 0.1) is 10.4 Å². The van der Waals surface area contributed by atoms with Crippen LogP contribution in [0.5, 0.6) is 0 Å². The van der Waals surface area contributed by atoms with Crippen molar-refractivity contribution in [2.75, 3.05) is 11.9 Å². The highest BCUT2D eigenvalue weighted by molar-refractivity contribution is 7.91. The number of halogens is 1. The third-order valence-corrected chi connectivity index (χ3v) is 6.27. The highest BCUT2D eigenvalue weighted by atomic mass is 35.5. The minimum Gasteiger partial charge on any atom is -0.330 e. The molecule has 9 heteroatoms. The number of rotatable bonds is 5. The van der Waals surface area contributed by atoms with E-state index in [9.17, 15) is 13.2 Å². The zero-order chi connectivity index (χ0) is 19.7. The number of aromatic nitrogens is 2. The number of hydrogen-bond acceptors (Lipinski definition) is 5. The number of hydrogen-bond donors (Lipinski definition) is 3. The highest BCUT2D eigenvalue weighted by Gasteiger charge is 2.25. The van der Waals surface area contributed by atoms with Crippen LogP contribution in [0.2, 0.25) is 0 Å². The fraction of sp³-hybridized carbons (Fsp3) is 0.100. The fourth-order valence-electron chi connectivity index (χ4n) is 3.16. The molecule has 0 spiro atoms. The van der Waals surface area contributed by atoms with E-state index in [1.54, 1.807) is 42.5 Å². The van der Waals surface area contributed by atoms with Gasteiger partial charge in [-0.25, -0.2) is 8.42 Å². The average Bonchev–Trinajstić information content (AvgIpc) is 3.11. The van der Waals surface area contributed by atoms with Gasteiger partial charge in [-0.15, -0.1) is 12.4 Å². The maximum Gasteiger partial charge on any atom is 0.225 e. The molecule has 1 aromatic heterocycles. The molecule has 0 aliphatic heterocycles. The minimum atomic E-state index is -3.86. The Bertz CT molecular complexity index is 1300. The summed E-state index contributed by atoms with van der Waals surface area (Å²) >= 11 is 0. The molecule has 0 aliphatic carbocycles.